The molecule has 1 heterocycles. The third-order valence-corrected chi connectivity index (χ3v) is 6.13. The molecule has 2 aromatic carbocycles. The average molecular weight is 398 g/mol. The quantitative estimate of drug-likeness (QED) is 0.632. The van der Waals surface area contributed by atoms with E-state index in [1.165, 1.54) is 16.0 Å². The maximum absolute atomic E-state index is 11.3. The Morgan fingerprint density at radius 3 is 2.28 bits per heavy atom. The van der Waals surface area contributed by atoms with E-state index in [1.54, 1.807) is 0 Å². The van der Waals surface area contributed by atoms with Gasteiger partial charge < -0.3 is 20.5 Å². The molecular formula is C24H33N2O3+. The number of rotatable bonds is 8. The number of hydrogen-bond acceptors (Lipinski definition) is 3. The second kappa shape index (κ2) is 9.42. The van der Waals surface area contributed by atoms with Crippen LogP contribution in [0.25, 0.3) is 0 Å². The standard InChI is InChI=1S/C24H32N2O3/c1-24(2,19-6-4-3-5-7-19)20-8-10-22(11-9-20)29-17-21(27)16-26-14-12-18(13-15-26)23(25)28/h3-11,18,21,27H,12-17H2,1-2H3,(H2,25,28)/p+1/t21-/m1/s1. The maximum Gasteiger partial charge on any atom is 0.220 e. The van der Waals surface area contributed by atoms with Gasteiger partial charge in [-0.2, -0.15) is 0 Å². The number of benzene rings is 2. The van der Waals surface area contributed by atoms with Crippen LogP contribution in [0.3, 0.4) is 0 Å². The summed E-state index contributed by atoms with van der Waals surface area (Å²) in [5.74, 6) is 0.553. The number of quaternary nitrogens is 1. The van der Waals surface area contributed by atoms with E-state index in [9.17, 15) is 9.90 Å². The molecule has 0 unspecified atom stereocenters. The van der Waals surface area contributed by atoms with Gasteiger partial charge in [0.15, 0.2) is 0 Å². The van der Waals surface area contributed by atoms with Crippen LogP contribution in [0.5, 0.6) is 5.75 Å². The van der Waals surface area contributed by atoms with Gasteiger partial charge in [-0.15, -0.1) is 0 Å². The first kappa shape index (κ1) is 21.3. The molecule has 1 fully saturated rings. The van der Waals surface area contributed by atoms with Crippen LogP contribution in [0.4, 0.5) is 0 Å². The summed E-state index contributed by atoms with van der Waals surface area (Å²) < 4.78 is 5.80. The van der Waals surface area contributed by atoms with Crippen LogP contribution in [0.1, 0.15) is 37.8 Å². The van der Waals surface area contributed by atoms with Crippen molar-refractivity contribution in [3.05, 3.63) is 65.7 Å². The maximum atomic E-state index is 11.3. The third kappa shape index (κ3) is 5.58. The highest BCUT2D eigenvalue weighted by Gasteiger charge is 2.27. The van der Waals surface area contributed by atoms with Gasteiger partial charge in [0.05, 0.1) is 13.1 Å². The molecule has 1 atom stereocenters. The van der Waals surface area contributed by atoms with Crippen LogP contribution in [-0.2, 0) is 10.2 Å². The van der Waals surface area contributed by atoms with Crippen LogP contribution < -0.4 is 15.4 Å². The Labute approximate surface area is 173 Å². The van der Waals surface area contributed by atoms with Crippen molar-refractivity contribution >= 4 is 5.91 Å². The molecule has 1 saturated heterocycles. The molecule has 1 aliphatic rings. The molecule has 0 aliphatic carbocycles. The van der Waals surface area contributed by atoms with E-state index in [0.29, 0.717) is 6.54 Å². The Kier molecular flexibility index (Phi) is 6.93. The van der Waals surface area contributed by atoms with Crippen molar-refractivity contribution in [3.8, 4) is 5.75 Å². The molecule has 0 spiro atoms. The van der Waals surface area contributed by atoms with E-state index >= 15 is 0 Å². The number of likely N-dealkylation sites (tertiary alicyclic amines) is 1. The van der Waals surface area contributed by atoms with Gasteiger partial charge in [-0.25, -0.2) is 0 Å². The number of nitrogens with one attached hydrogen (secondary N) is 1. The van der Waals surface area contributed by atoms with Crippen molar-refractivity contribution in [1.29, 1.82) is 0 Å². The normalized spacial score (nSPS) is 20.8. The molecule has 1 aliphatic heterocycles. The van der Waals surface area contributed by atoms with Crippen molar-refractivity contribution in [3.63, 3.8) is 0 Å². The van der Waals surface area contributed by atoms with Crippen molar-refractivity contribution < 1.29 is 19.5 Å². The summed E-state index contributed by atoms with van der Waals surface area (Å²) in [6.45, 7) is 7.06. The van der Waals surface area contributed by atoms with E-state index < -0.39 is 6.10 Å². The van der Waals surface area contributed by atoms with Crippen molar-refractivity contribution in [2.75, 3.05) is 26.2 Å². The van der Waals surface area contributed by atoms with Gasteiger partial charge in [-0.3, -0.25) is 4.79 Å². The smallest absolute Gasteiger partial charge is 0.220 e. The van der Waals surface area contributed by atoms with Crippen molar-refractivity contribution in [2.24, 2.45) is 11.7 Å². The first-order chi connectivity index (χ1) is 13.9. The lowest BCUT2D eigenvalue weighted by Crippen LogP contribution is -3.14. The van der Waals surface area contributed by atoms with Gasteiger partial charge in [0.25, 0.3) is 0 Å². The molecule has 1 amide bonds. The number of ether oxygens (including phenoxy) is 1. The second-order valence-electron chi connectivity index (χ2n) is 8.61. The number of aliphatic hydroxyl groups excluding tert-OH is 1. The molecule has 5 heteroatoms. The zero-order chi connectivity index (χ0) is 20.9. The molecule has 5 nitrogen and oxygen atoms in total. The molecule has 2 aromatic rings. The lowest BCUT2D eigenvalue weighted by molar-refractivity contribution is -0.908. The Morgan fingerprint density at radius 2 is 1.69 bits per heavy atom. The predicted molar refractivity (Wildman–Crippen MR) is 114 cm³/mol. The topological polar surface area (TPSA) is 77.0 Å². The fourth-order valence-electron chi connectivity index (χ4n) is 4.09. The lowest BCUT2D eigenvalue weighted by Gasteiger charge is -2.29. The van der Waals surface area contributed by atoms with Crippen LogP contribution in [0.15, 0.2) is 54.6 Å². The van der Waals surface area contributed by atoms with E-state index in [1.807, 2.05) is 18.2 Å². The fraction of sp³-hybridized carbons (Fsp3) is 0.458. The largest absolute Gasteiger partial charge is 0.491 e. The molecule has 0 radical (unpaired) electrons. The molecule has 29 heavy (non-hydrogen) atoms. The number of primary amides is 1. The highest BCUT2D eigenvalue weighted by molar-refractivity contribution is 5.76. The second-order valence-corrected chi connectivity index (χ2v) is 8.61. The zero-order valence-corrected chi connectivity index (χ0v) is 17.4. The van der Waals surface area contributed by atoms with Gasteiger partial charge in [0.2, 0.25) is 5.91 Å². The number of amides is 1. The molecule has 0 aromatic heterocycles. The number of nitrogens with two attached hydrogens (primary N) is 1. The van der Waals surface area contributed by atoms with Gasteiger partial charge in [0.1, 0.15) is 25.0 Å². The molecule has 3 rings (SSSR count). The number of hydrogen-bond donors (Lipinski definition) is 3. The third-order valence-electron chi connectivity index (χ3n) is 6.13. The average Bonchev–Trinajstić information content (AvgIpc) is 2.73. The van der Waals surface area contributed by atoms with Gasteiger partial charge in [0, 0.05) is 24.2 Å². The predicted octanol–water partition coefficient (Wildman–Crippen LogP) is 1.53. The van der Waals surface area contributed by atoms with Crippen LogP contribution in [-0.4, -0.2) is 43.4 Å². The molecular weight excluding hydrogens is 364 g/mol. The first-order valence-corrected chi connectivity index (χ1v) is 10.5. The number of piperidine rings is 1. The van der Waals surface area contributed by atoms with Crippen LogP contribution in [0.2, 0.25) is 0 Å². The SMILES string of the molecule is CC(C)(c1ccccc1)c1ccc(OC[C@H](O)C[NH+]2CCC(C(N)=O)CC2)cc1. The highest BCUT2D eigenvalue weighted by atomic mass is 16.5. The van der Waals surface area contributed by atoms with Crippen molar-refractivity contribution in [1.82, 2.24) is 0 Å². The minimum atomic E-state index is -0.532. The van der Waals surface area contributed by atoms with E-state index in [4.69, 9.17) is 10.5 Å². The van der Waals surface area contributed by atoms with Gasteiger partial charge in [-0.1, -0.05) is 56.3 Å². The van der Waals surface area contributed by atoms with E-state index in [-0.39, 0.29) is 23.8 Å². The summed E-state index contributed by atoms with van der Waals surface area (Å²) in [7, 11) is 0. The summed E-state index contributed by atoms with van der Waals surface area (Å²) in [4.78, 5) is 12.6. The molecule has 4 N–H and O–H groups in total. The van der Waals surface area contributed by atoms with Gasteiger partial charge >= 0.3 is 0 Å². The van der Waals surface area contributed by atoms with Gasteiger partial charge in [-0.05, 0) is 23.3 Å². The summed E-state index contributed by atoms with van der Waals surface area (Å²) >= 11 is 0. The minimum Gasteiger partial charge on any atom is -0.491 e. The number of aliphatic hydroxyl groups is 1. The van der Waals surface area contributed by atoms with Crippen LogP contribution in [0, 0.1) is 5.92 Å². The molecule has 156 valence electrons. The fourth-order valence-corrected chi connectivity index (χ4v) is 4.09. The monoisotopic (exact) mass is 397 g/mol. The van der Waals surface area contributed by atoms with E-state index in [0.717, 1.165) is 31.7 Å². The molecule has 0 saturated carbocycles. The Bertz CT molecular complexity index is 782. The Morgan fingerprint density at radius 1 is 1.10 bits per heavy atom. The highest BCUT2D eigenvalue weighted by Crippen LogP contribution is 2.32. The Hall–Kier alpha value is -2.37. The number of carbonyl (C=O) groups excluding carboxylic acids is 1. The zero-order valence-electron chi connectivity index (χ0n) is 17.4. The van der Waals surface area contributed by atoms with Crippen LogP contribution >= 0.6 is 0 Å². The summed E-state index contributed by atoms with van der Waals surface area (Å²) in [6.07, 6.45) is 1.07. The minimum absolute atomic E-state index is 0.00852. The number of carbonyl (C=O) groups is 1. The summed E-state index contributed by atoms with van der Waals surface area (Å²) in [5, 5.41) is 10.3. The molecule has 0 bridgehead atoms. The first-order valence-electron chi connectivity index (χ1n) is 10.5. The Balaban J connectivity index is 1.48. The van der Waals surface area contributed by atoms with E-state index in [2.05, 4.69) is 50.2 Å². The summed E-state index contributed by atoms with van der Waals surface area (Å²) in [6, 6.07) is 18.6. The van der Waals surface area contributed by atoms with Crippen molar-refractivity contribution in [2.45, 2.75) is 38.2 Å². The lowest BCUT2D eigenvalue weighted by atomic mass is 9.78. The summed E-state index contributed by atoms with van der Waals surface area (Å²) in [5.41, 5.74) is 7.79.